The molecule has 0 unspecified atom stereocenters. The Hall–Kier alpha value is 0.0666. The fourth-order valence-corrected chi connectivity index (χ4v) is 1.24. The van der Waals surface area contributed by atoms with E-state index in [9.17, 15) is 4.79 Å². The molecule has 4 heteroatoms. The van der Waals surface area contributed by atoms with E-state index >= 15 is 0 Å². The van der Waals surface area contributed by atoms with Gasteiger partial charge in [-0.1, -0.05) is 0 Å². The molecule has 1 aromatic carbocycles. The third kappa shape index (κ3) is 4.20. The smallest absolute Gasteiger partial charge is 0 e. The van der Waals surface area contributed by atoms with E-state index < -0.39 is 0 Å². The van der Waals surface area contributed by atoms with Gasteiger partial charge in [0.2, 0.25) is 0 Å². The number of rotatable bonds is 2. The van der Waals surface area contributed by atoms with Gasteiger partial charge in [0.15, 0.2) is 0 Å². The summed E-state index contributed by atoms with van der Waals surface area (Å²) in [5, 5.41) is 0. The van der Waals surface area contributed by atoms with Gasteiger partial charge >= 0.3 is 82.6 Å². The van der Waals surface area contributed by atoms with Crippen LogP contribution in [0.4, 0.5) is 0 Å². The van der Waals surface area contributed by atoms with Gasteiger partial charge < -0.3 is 0 Å². The van der Waals surface area contributed by atoms with Gasteiger partial charge in [-0.3, -0.25) is 0 Å². The normalized spacial score (nSPS) is 8.69. The van der Waals surface area contributed by atoms with Gasteiger partial charge in [-0.25, -0.2) is 0 Å². The van der Waals surface area contributed by atoms with Crippen molar-refractivity contribution >= 4 is 5.91 Å². The first-order valence-corrected chi connectivity index (χ1v) is 4.96. The van der Waals surface area contributed by atoms with E-state index in [4.69, 9.17) is 0 Å². The molecule has 0 saturated heterocycles. The van der Waals surface area contributed by atoms with E-state index in [0.29, 0.717) is 6.42 Å². The van der Waals surface area contributed by atoms with Crippen LogP contribution in [0.25, 0.3) is 0 Å². The van der Waals surface area contributed by atoms with E-state index in [-0.39, 0.29) is 27.0 Å². The Bertz CT molecular complexity index is 312. The quantitative estimate of drug-likeness (QED) is 0.592. The summed E-state index contributed by atoms with van der Waals surface area (Å²) in [5.74, 6) is -0.0284. The zero-order chi connectivity index (χ0) is 8.97. The Morgan fingerprint density at radius 3 is 2.62 bits per heavy atom. The number of aryl methyl sites for hydroxylation is 1. The first kappa shape index (κ1) is 13.1. The number of benzene rings is 1. The summed E-state index contributed by atoms with van der Waals surface area (Å²) in [4.78, 5) is 11.0. The van der Waals surface area contributed by atoms with Crippen LogP contribution in [0.2, 0.25) is 0 Å². The van der Waals surface area contributed by atoms with E-state index in [1.807, 2.05) is 31.2 Å². The molecule has 0 spiro atoms. The maximum Gasteiger partial charge on any atom is 0 e. The van der Waals surface area contributed by atoms with Crippen molar-refractivity contribution in [2.75, 3.05) is 0 Å². The van der Waals surface area contributed by atoms with Crippen LogP contribution in [0.15, 0.2) is 27.8 Å². The molecule has 0 atom stereocenters. The summed E-state index contributed by atoms with van der Waals surface area (Å²) in [6, 6.07) is 7.88. The second-order valence-corrected chi connectivity index (χ2v) is 3.24. The summed E-state index contributed by atoms with van der Waals surface area (Å²) in [5.41, 5.74) is 2.23. The van der Waals surface area contributed by atoms with Gasteiger partial charge in [-0.05, 0) is 0 Å². The van der Waals surface area contributed by atoms with Crippen LogP contribution in [0.3, 0.4) is 0 Å². The molecule has 2 nitrogen and oxygen atoms in total. The first-order chi connectivity index (χ1) is 5.74. The number of hydrogen-bond donors (Lipinski definition) is 0. The number of nitrogens with zero attached hydrogens (tertiary/aromatic N) is 1. The molecule has 1 aromatic rings. The van der Waals surface area contributed by atoms with E-state index in [1.54, 1.807) is 0 Å². The van der Waals surface area contributed by atoms with Crippen LogP contribution >= 0.6 is 0 Å². The molecule has 68 valence electrons. The molecule has 0 aliphatic carbocycles. The van der Waals surface area contributed by atoms with Gasteiger partial charge in [0.25, 0.3) is 0 Å². The molecule has 0 fully saturated rings. The Labute approximate surface area is 103 Å². The predicted molar refractivity (Wildman–Crippen MR) is 42.3 cm³/mol. The molecule has 13 heavy (non-hydrogen) atoms. The second-order valence-electron chi connectivity index (χ2n) is 2.59. The third-order valence-corrected chi connectivity index (χ3v) is 2.44. The first-order valence-electron chi connectivity index (χ1n) is 3.64. The van der Waals surface area contributed by atoms with Crippen molar-refractivity contribution in [1.82, 2.24) is 0 Å². The Kier molecular flexibility index (Phi) is 6.54. The molecule has 0 saturated carbocycles. The minimum atomic E-state index is -0.0284. The minimum absolute atomic E-state index is 0. The molecule has 0 heterocycles. The average molecular weight is 515 g/mol. The topological polar surface area (TPSA) is 29.4 Å². The molecule has 0 N–H and O–H groups in total. The molecule has 1 rings (SSSR count). The number of carbonyl (C=O) groups excluding carboxylic acids is 1. The SMILES string of the molecule is Cc1ccccc1CC(=O)[N]=[W].[W]. The third-order valence-electron chi connectivity index (χ3n) is 1.70. The van der Waals surface area contributed by atoms with Gasteiger partial charge in [0.1, 0.15) is 0 Å². The molecule has 0 aliphatic heterocycles. The second kappa shape index (κ2) is 6.51. The Morgan fingerprint density at radius 1 is 1.46 bits per heavy atom. The van der Waals surface area contributed by atoms with Crippen LogP contribution in [0.1, 0.15) is 11.1 Å². The Morgan fingerprint density at radius 2 is 2.08 bits per heavy atom. The fraction of sp³-hybridized carbons (Fsp3) is 0.222. The summed E-state index contributed by atoms with van der Waals surface area (Å²) in [7, 11) is 0. The van der Waals surface area contributed by atoms with E-state index in [2.05, 4.69) is 3.50 Å². The monoisotopic (exact) mass is 515 g/mol. The van der Waals surface area contributed by atoms with Crippen molar-refractivity contribution in [3.8, 4) is 0 Å². The van der Waals surface area contributed by atoms with Crippen LogP contribution in [-0.2, 0) is 51.9 Å². The summed E-state index contributed by atoms with van der Waals surface area (Å²) in [6.45, 7) is 2.01. The zero-order valence-electron chi connectivity index (χ0n) is 7.19. The van der Waals surface area contributed by atoms with Gasteiger partial charge in [-0.2, -0.15) is 0 Å². The van der Waals surface area contributed by atoms with Crippen molar-refractivity contribution in [2.45, 2.75) is 13.3 Å². The number of amides is 1. The van der Waals surface area contributed by atoms with E-state index in [0.717, 1.165) is 30.8 Å². The van der Waals surface area contributed by atoms with Gasteiger partial charge in [-0.15, -0.1) is 0 Å². The predicted octanol–water partition coefficient (Wildman–Crippen LogP) is 1.79. The van der Waals surface area contributed by atoms with Crippen molar-refractivity contribution in [3.05, 3.63) is 35.4 Å². The zero-order valence-corrected chi connectivity index (χ0v) is 13.1. The molecule has 0 bridgehead atoms. The molecular weight excluding hydrogens is 506 g/mol. The standard InChI is InChI=1S/C9H9NO.2W/c1-7-4-2-3-5-8(7)6-9(10)11;;/h2-5H,6H2,1H3;;. The van der Waals surface area contributed by atoms with Crippen LogP contribution in [0, 0.1) is 6.92 Å². The fourth-order valence-electron chi connectivity index (χ4n) is 1.00. The maximum atomic E-state index is 11.0. The van der Waals surface area contributed by atoms with Crippen LogP contribution < -0.4 is 0 Å². The van der Waals surface area contributed by atoms with Crippen molar-refractivity contribution < 1.29 is 45.5 Å². The average Bonchev–Trinajstić information content (AvgIpc) is 2.09. The molecular formula is C9H9NOW2. The van der Waals surface area contributed by atoms with Crippen molar-refractivity contribution in [2.24, 2.45) is 3.50 Å². The Balaban J connectivity index is 0.00000144. The summed E-state index contributed by atoms with van der Waals surface area (Å²) < 4.78 is 3.67. The summed E-state index contributed by atoms with van der Waals surface area (Å²) in [6.07, 6.45) is 0.441. The molecule has 0 radical (unpaired) electrons. The molecule has 0 aromatic heterocycles. The van der Waals surface area contributed by atoms with E-state index in [1.165, 1.54) is 0 Å². The van der Waals surface area contributed by atoms with Crippen LogP contribution in [0.5, 0.6) is 0 Å². The van der Waals surface area contributed by atoms with Crippen LogP contribution in [-0.4, -0.2) is 5.91 Å². The molecule has 1 amide bonds. The van der Waals surface area contributed by atoms with Gasteiger partial charge in [0.05, 0.1) is 0 Å². The maximum absolute atomic E-state index is 11.0. The van der Waals surface area contributed by atoms with Crippen molar-refractivity contribution in [1.29, 1.82) is 0 Å². The van der Waals surface area contributed by atoms with Gasteiger partial charge in [0, 0.05) is 21.1 Å². The number of hydrogen-bond acceptors (Lipinski definition) is 1. The molecule has 0 aliphatic rings. The summed E-state index contributed by atoms with van der Waals surface area (Å²) >= 11 is 0.976. The van der Waals surface area contributed by atoms with Crippen molar-refractivity contribution in [3.63, 3.8) is 0 Å². The largest absolute Gasteiger partial charge is 0 e. The number of carbonyl (C=O) groups is 1. The minimum Gasteiger partial charge on any atom is 0 e.